The summed E-state index contributed by atoms with van der Waals surface area (Å²) in [6, 6.07) is 4.34. The van der Waals surface area contributed by atoms with Crippen LogP contribution in [0, 0.1) is 11.7 Å². The molecule has 0 bridgehead atoms. The normalized spacial score (nSPS) is 20.5. The Morgan fingerprint density at radius 2 is 2.18 bits per heavy atom. The summed E-state index contributed by atoms with van der Waals surface area (Å²) in [6.07, 6.45) is 2.13. The largest absolute Gasteiger partial charge is 0.390 e. The van der Waals surface area contributed by atoms with Crippen LogP contribution in [0.4, 0.5) is 4.39 Å². The third-order valence-corrected chi connectivity index (χ3v) is 4.79. The van der Waals surface area contributed by atoms with Crippen molar-refractivity contribution in [1.29, 1.82) is 0 Å². The zero-order valence-electron chi connectivity index (χ0n) is 12.5. The lowest BCUT2D eigenvalue weighted by Gasteiger charge is -2.43. The van der Waals surface area contributed by atoms with Crippen molar-refractivity contribution >= 4 is 17.5 Å². The molecular formula is C16H20ClFN2O2. The van der Waals surface area contributed by atoms with Crippen LogP contribution >= 0.6 is 11.6 Å². The lowest BCUT2D eigenvalue weighted by molar-refractivity contribution is -0.0354. The fourth-order valence-corrected chi connectivity index (χ4v) is 3.20. The molecule has 1 unspecified atom stereocenters. The fraction of sp³-hybridized carbons (Fsp3) is 0.562. The molecule has 1 saturated carbocycles. The van der Waals surface area contributed by atoms with Gasteiger partial charge in [0.2, 0.25) is 0 Å². The number of nitrogens with zero attached hydrogens (tertiary/aromatic N) is 2. The number of aliphatic hydroxyl groups excluding tert-OH is 1. The number of benzene rings is 1. The van der Waals surface area contributed by atoms with E-state index in [0.717, 1.165) is 0 Å². The monoisotopic (exact) mass is 326 g/mol. The molecule has 120 valence electrons. The number of amides is 1. The van der Waals surface area contributed by atoms with E-state index in [0.29, 0.717) is 37.2 Å². The number of halogens is 2. The molecule has 1 aliphatic heterocycles. The molecule has 1 saturated heterocycles. The van der Waals surface area contributed by atoms with Gasteiger partial charge in [-0.1, -0.05) is 11.6 Å². The lowest BCUT2D eigenvalue weighted by Crippen LogP contribution is -2.59. The van der Waals surface area contributed by atoms with E-state index in [4.69, 9.17) is 11.6 Å². The molecule has 2 fully saturated rings. The molecule has 2 aliphatic rings. The Morgan fingerprint density at radius 1 is 1.50 bits per heavy atom. The molecule has 0 spiro atoms. The Balaban J connectivity index is 1.65. The first-order valence-corrected chi connectivity index (χ1v) is 7.96. The van der Waals surface area contributed by atoms with Gasteiger partial charge in [0, 0.05) is 38.3 Å². The summed E-state index contributed by atoms with van der Waals surface area (Å²) in [6.45, 7) is 1.99. The van der Waals surface area contributed by atoms with Crippen molar-refractivity contribution in [2.24, 2.45) is 5.92 Å². The van der Waals surface area contributed by atoms with E-state index >= 15 is 0 Å². The Labute approximate surface area is 134 Å². The van der Waals surface area contributed by atoms with Crippen LogP contribution in [0.2, 0.25) is 5.02 Å². The highest BCUT2D eigenvalue weighted by molar-refractivity contribution is 6.31. The van der Waals surface area contributed by atoms with Crippen molar-refractivity contribution in [3.8, 4) is 0 Å². The van der Waals surface area contributed by atoms with Gasteiger partial charge in [-0.15, -0.1) is 0 Å². The molecule has 1 aromatic carbocycles. The molecule has 1 atom stereocenters. The first-order valence-electron chi connectivity index (χ1n) is 7.58. The highest BCUT2D eigenvalue weighted by atomic mass is 35.5. The highest BCUT2D eigenvalue weighted by Gasteiger charge is 2.41. The first-order chi connectivity index (χ1) is 10.5. The minimum Gasteiger partial charge on any atom is -0.390 e. The third kappa shape index (κ3) is 3.26. The summed E-state index contributed by atoms with van der Waals surface area (Å²) < 4.78 is 13.2. The second kappa shape index (κ2) is 6.14. The van der Waals surface area contributed by atoms with Crippen molar-refractivity contribution in [3.63, 3.8) is 0 Å². The molecule has 3 rings (SSSR count). The van der Waals surface area contributed by atoms with Gasteiger partial charge in [0.25, 0.3) is 5.91 Å². The Hall–Kier alpha value is -1.17. The maximum absolute atomic E-state index is 13.2. The number of β-amino-alcohol motifs (C(OH)–C–C–N with tert-alkyl or cyclic N) is 1. The number of hydrogen-bond donors (Lipinski definition) is 1. The molecular weight excluding hydrogens is 307 g/mol. The highest BCUT2D eigenvalue weighted by Crippen LogP contribution is 2.37. The average Bonchev–Trinajstić information content (AvgIpc) is 3.28. The van der Waals surface area contributed by atoms with Gasteiger partial charge < -0.3 is 10.0 Å². The number of carbonyl (C=O) groups is 1. The number of likely N-dealkylation sites (N-methyl/N-ethyl adjacent to an activating group) is 1. The van der Waals surface area contributed by atoms with Gasteiger partial charge in [0.1, 0.15) is 5.82 Å². The van der Waals surface area contributed by atoms with Crippen molar-refractivity contribution in [2.75, 3.05) is 26.7 Å². The van der Waals surface area contributed by atoms with Crippen LogP contribution in [0.5, 0.6) is 0 Å². The molecule has 1 aromatic rings. The molecule has 22 heavy (non-hydrogen) atoms. The molecule has 4 nitrogen and oxygen atoms in total. The van der Waals surface area contributed by atoms with Crippen LogP contribution in [0.25, 0.3) is 0 Å². The first kappa shape index (κ1) is 15.7. The second-order valence-corrected chi connectivity index (χ2v) is 6.73. The zero-order chi connectivity index (χ0) is 15.9. The van der Waals surface area contributed by atoms with Crippen LogP contribution in [-0.2, 0) is 0 Å². The van der Waals surface area contributed by atoms with Gasteiger partial charge in [-0.25, -0.2) is 4.39 Å². The summed E-state index contributed by atoms with van der Waals surface area (Å²) in [5.74, 6) is -0.0699. The van der Waals surface area contributed by atoms with Crippen LogP contribution in [-0.4, -0.2) is 59.6 Å². The summed E-state index contributed by atoms with van der Waals surface area (Å²) in [7, 11) is 1.76. The van der Waals surface area contributed by atoms with E-state index in [-0.39, 0.29) is 17.0 Å². The van der Waals surface area contributed by atoms with Crippen LogP contribution < -0.4 is 0 Å². The summed E-state index contributed by atoms with van der Waals surface area (Å²) in [4.78, 5) is 16.4. The molecule has 0 aromatic heterocycles. The van der Waals surface area contributed by atoms with E-state index in [1.807, 2.05) is 0 Å². The Morgan fingerprint density at radius 3 is 2.73 bits per heavy atom. The summed E-state index contributed by atoms with van der Waals surface area (Å²) in [5, 5.41) is 9.44. The Kier molecular flexibility index (Phi) is 4.39. The van der Waals surface area contributed by atoms with E-state index in [2.05, 4.69) is 4.90 Å². The molecule has 1 amide bonds. The van der Waals surface area contributed by atoms with Gasteiger partial charge in [-0.2, -0.15) is 0 Å². The van der Waals surface area contributed by atoms with Crippen LogP contribution in [0.15, 0.2) is 18.2 Å². The van der Waals surface area contributed by atoms with Crippen molar-refractivity contribution in [1.82, 2.24) is 9.80 Å². The topological polar surface area (TPSA) is 43.8 Å². The number of likely N-dealkylation sites (tertiary alicyclic amines) is 1. The number of aliphatic hydroxyl groups is 1. The number of rotatable bonds is 5. The van der Waals surface area contributed by atoms with Gasteiger partial charge in [-0.05, 0) is 37.0 Å². The predicted octanol–water partition coefficient (Wildman–Crippen LogP) is 2.01. The predicted molar refractivity (Wildman–Crippen MR) is 82.5 cm³/mol. The molecule has 6 heteroatoms. The SMILES string of the molecule is CN(CC(C1CC1)N1CC(O)C1)C(=O)c1ccc(F)c(Cl)c1. The quantitative estimate of drug-likeness (QED) is 0.900. The minimum absolute atomic E-state index is 0.0381. The smallest absolute Gasteiger partial charge is 0.253 e. The molecule has 1 heterocycles. The number of hydrogen-bond acceptors (Lipinski definition) is 3. The maximum atomic E-state index is 13.2. The average molecular weight is 327 g/mol. The van der Waals surface area contributed by atoms with E-state index < -0.39 is 5.82 Å². The molecule has 1 aliphatic carbocycles. The second-order valence-electron chi connectivity index (χ2n) is 6.33. The standard InChI is InChI=1S/C16H20ClFN2O2/c1-19(16(22)11-4-5-14(18)13(17)6-11)9-15(10-2-3-10)20-7-12(21)8-20/h4-6,10,12,15,21H,2-3,7-9H2,1H3. The van der Waals surface area contributed by atoms with Gasteiger partial charge in [0.05, 0.1) is 11.1 Å². The third-order valence-electron chi connectivity index (χ3n) is 4.50. The zero-order valence-corrected chi connectivity index (χ0v) is 13.3. The number of carbonyl (C=O) groups excluding carboxylic acids is 1. The van der Waals surface area contributed by atoms with Crippen molar-refractivity contribution in [2.45, 2.75) is 25.0 Å². The maximum Gasteiger partial charge on any atom is 0.253 e. The van der Waals surface area contributed by atoms with Gasteiger partial charge in [-0.3, -0.25) is 9.69 Å². The Bertz CT molecular complexity index is 573. The van der Waals surface area contributed by atoms with E-state index in [1.54, 1.807) is 11.9 Å². The fourth-order valence-electron chi connectivity index (χ4n) is 3.02. The molecule has 0 radical (unpaired) electrons. The minimum atomic E-state index is -0.522. The summed E-state index contributed by atoms with van der Waals surface area (Å²) in [5.41, 5.74) is 0.395. The van der Waals surface area contributed by atoms with E-state index in [9.17, 15) is 14.3 Å². The van der Waals surface area contributed by atoms with Crippen molar-refractivity contribution in [3.05, 3.63) is 34.6 Å². The van der Waals surface area contributed by atoms with E-state index in [1.165, 1.54) is 31.0 Å². The van der Waals surface area contributed by atoms with Crippen molar-refractivity contribution < 1.29 is 14.3 Å². The summed E-state index contributed by atoms with van der Waals surface area (Å²) >= 11 is 5.75. The van der Waals surface area contributed by atoms with Crippen LogP contribution in [0.1, 0.15) is 23.2 Å². The molecule has 1 N–H and O–H groups in total. The lowest BCUT2D eigenvalue weighted by atomic mass is 10.0. The van der Waals surface area contributed by atoms with Gasteiger partial charge >= 0.3 is 0 Å². The van der Waals surface area contributed by atoms with Crippen LogP contribution in [0.3, 0.4) is 0 Å². The van der Waals surface area contributed by atoms with Gasteiger partial charge in [0.15, 0.2) is 0 Å².